The Bertz CT molecular complexity index is 299. The Morgan fingerprint density at radius 1 is 1.17 bits per heavy atom. The lowest BCUT2D eigenvalue weighted by atomic mass is 9.69. The number of nitrogens with zero attached hydrogens (tertiary/aromatic N) is 1. The maximum atomic E-state index is 3.62. The molecule has 0 amide bonds. The zero-order valence-corrected chi connectivity index (χ0v) is 12.4. The summed E-state index contributed by atoms with van der Waals surface area (Å²) in [6.45, 7) is 11.3. The predicted molar refractivity (Wildman–Crippen MR) is 76.7 cm³/mol. The highest BCUT2D eigenvalue weighted by atomic mass is 15.2. The topological polar surface area (TPSA) is 15.3 Å². The van der Waals surface area contributed by atoms with Crippen LogP contribution in [0.25, 0.3) is 0 Å². The van der Waals surface area contributed by atoms with Gasteiger partial charge in [-0.15, -0.1) is 0 Å². The van der Waals surface area contributed by atoms with E-state index in [1.165, 1.54) is 51.7 Å². The van der Waals surface area contributed by atoms with Gasteiger partial charge in [0.25, 0.3) is 0 Å². The molecular weight excluding hydrogens is 220 g/mol. The smallest absolute Gasteiger partial charge is 0.0263 e. The van der Waals surface area contributed by atoms with E-state index >= 15 is 0 Å². The van der Waals surface area contributed by atoms with Crippen molar-refractivity contribution in [2.24, 2.45) is 17.3 Å². The minimum atomic E-state index is 0.557. The molecule has 0 aromatic heterocycles. The molecule has 3 aliphatic rings. The van der Waals surface area contributed by atoms with Gasteiger partial charge in [0, 0.05) is 18.6 Å². The summed E-state index contributed by atoms with van der Waals surface area (Å²) >= 11 is 0. The van der Waals surface area contributed by atoms with E-state index in [4.69, 9.17) is 0 Å². The number of likely N-dealkylation sites (tertiary alicyclic amines) is 1. The molecule has 4 unspecified atom stereocenters. The average Bonchev–Trinajstić information content (AvgIpc) is 2.73. The second kappa shape index (κ2) is 4.79. The van der Waals surface area contributed by atoms with Gasteiger partial charge < -0.3 is 5.32 Å². The largest absolute Gasteiger partial charge is 0.315 e. The Kier molecular flexibility index (Phi) is 3.44. The summed E-state index contributed by atoms with van der Waals surface area (Å²) in [5.74, 6) is 1.85. The Morgan fingerprint density at radius 3 is 2.78 bits per heavy atom. The van der Waals surface area contributed by atoms with E-state index in [-0.39, 0.29) is 0 Å². The molecule has 2 heterocycles. The summed E-state index contributed by atoms with van der Waals surface area (Å²) in [7, 11) is 0. The van der Waals surface area contributed by atoms with Gasteiger partial charge in [-0.2, -0.15) is 0 Å². The van der Waals surface area contributed by atoms with E-state index in [0.717, 1.165) is 23.9 Å². The van der Waals surface area contributed by atoms with Gasteiger partial charge in [0.05, 0.1) is 0 Å². The van der Waals surface area contributed by atoms with Crippen molar-refractivity contribution in [2.75, 3.05) is 19.6 Å². The second-order valence-corrected chi connectivity index (χ2v) is 7.93. The van der Waals surface area contributed by atoms with Crippen LogP contribution < -0.4 is 5.32 Å². The molecule has 104 valence electrons. The van der Waals surface area contributed by atoms with Crippen molar-refractivity contribution >= 4 is 0 Å². The maximum Gasteiger partial charge on any atom is 0.0263 e. The van der Waals surface area contributed by atoms with E-state index in [2.05, 4.69) is 31.0 Å². The number of nitrogens with one attached hydrogen (secondary N) is 1. The molecule has 2 aliphatic heterocycles. The molecule has 0 radical (unpaired) electrons. The zero-order valence-electron chi connectivity index (χ0n) is 12.4. The third kappa shape index (κ3) is 2.46. The number of rotatable bonds is 1. The number of piperidine rings is 1. The second-order valence-electron chi connectivity index (χ2n) is 7.93. The fourth-order valence-corrected chi connectivity index (χ4v) is 5.11. The van der Waals surface area contributed by atoms with Gasteiger partial charge in [-0.25, -0.2) is 0 Å². The molecule has 1 saturated carbocycles. The van der Waals surface area contributed by atoms with Gasteiger partial charge in [-0.3, -0.25) is 4.90 Å². The summed E-state index contributed by atoms with van der Waals surface area (Å²) in [6, 6.07) is 1.71. The van der Waals surface area contributed by atoms with Crippen molar-refractivity contribution in [3.05, 3.63) is 0 Å². The molecule has 0 spiro atoms. The Labute approximate surface area is 113 Å². The van der Waals surface area contributed by atoms with E-state index in [0.29, 0.717) is 5.41 Å². The first kappa shape index (κ1) is 12.9. The van der Waals surface area contributed by atoms with E-state index in [1.807, 2.05) is 0 Å². The quantitative estimate of drug-likeness (QED) is 0.770. The molecule has 1 N–H and O–H groups in total. The van der Waals surface area contributed by atoms with Gasteiger partial charge in [-0.1, -0.05) is 20.8 Å². The summed E-state index contributed by atoms with van der Waals surface area (Å²) in [4.78, 5) is 2.89. The molecule has 0 bridgehead atoms. The SMILES string of the molecule is CC1CC(N2CCCC3CNCC32)CC(C)(C)C1. The van der Waals surface area contributed by atoms with E-state index < -0.39 is 0 Å². The van der Waals surface area contributed by atoms with Crippen molar-refractivity contribution in [1.29, 1.82) is 0 Å². The van der Waals surface area contributed by atoms with E-state index in [9.17, 15) is 0 Å². The molecular formula is C16H30N2. The lowest BCUT2D eigenvalue weighted by Gasteiger charge is -2.48. The number of hydrogen-bond donors (Lipinski definition) is 1. The first-order chi connectivity index (χ1) is 8.55. The molecule has 3 rings (SSSR count). The average molecular weight is 250 g/mol. The molecule has 4 atom stereocenters. The molecule has 0 aromatic carbocycles. The van der Waals surface area contributed by atoms with Gasteiger partial charge >= 0.3 is 0 Å². The Morgan fingerprint density at radius 2 is 2.00 bits per heavy atom. The molecule has 1 aliphatic carbocycles. The third-order valence-electron chi connectivity index (χ3n) is 5.55. The third-order valence-corrected chi connectivity index (χ3v) is 5.55. The van der Waals surface area contributed by atoms with Crippen molar-refractivity contribution < 1.29 is 0 Å². The van der Waals surface area contributed by atoms with Gasteiger partial charge in [-0.05, 0) is 62.4 Å². The lowest BCUT2D eigenvalue weighted by molar-refractivity contribution is 0.0127. The minimum absolute atomic E-state index is 0.557. The number of fused-ring (bicyclic) bond motifs is 1. The van der Waals surface area contributed by atoms with Crippen molar-refractivity contribution in [3.63, 3.8) is 0 Å². The van der Waals surface area contributed by atoms with Crippen LogP contribution in [-0.4, -0.2) is 36.6 Å². The molecule has 0 aromatic rings. The van der Waals surface area contributed by atoms with Crippen LogP contribution in [0.4, 0.5) is 0 Å². The molecule has 2 heteroatoms. The van der Waals surface area contributed by atoms with Crippen molar-refractivity contribution in [3.8, 4) is 0 Å². The van der Waals surface area contributed by atoms with Crippen LogP contribution in [-0.2, 0) is 0 Å². The van der Waals surface area contributed by atoms with Gasteiger partial charge in [0.2, 0.25) is 0 Å². The summed E-state index contributed by atoms with van der Waals surface area (Å²) in [5.41, 5.74) is 0.557. The molecule has 2 saturated heterocycles. The van der Waals surface area contributed by atoms with Gasteiger partial charge in [0.15, 0.2) is 0 Å². The van der Waals surface area contributed by atoms with Crippen LogP contribution in [0.2, 0.25) is 0 Å². The summed E-state index contributed by atoms with van der Waals surface area (Å²) in [5, 5.41) is 3.62. The molecule has 18 heavy (non-hydrogen) atoms. The zero-order chi connectivity index (χ0) is 12.8. The van der Waals surface area contributed by atoms with Crippen LogP contribution >= 0.6 is 0 Å². The lowest BCUT2D eigenvalue weighted by Crippen LogP contribution is -2.53. The fourth-order valence-electron chi connectivity index (χ4n) is 5.11. The highest BCUT2D eigenvalue weighted by Crippen LogP contribution is 2.42. The van der Waals surface area contributed by atoms with Crippen molar-refractivity contribution in [1.82, 2.24) is 10.2 Å². The first-order valence-electron chi connectivity index (χ1n) is 8.02. The van der Waals surface area contributed by atoms with Gasteiger partial charge in [0.1, 0.15) is 0 Å². The Balaban J connectivity index is 1.72. The van der Waals surface area contributed by atoms with Crippen LogP contribution in [0.15, 0.2) is 0 Å². The van der Waals surface area contributed by atoms with Crippen LogP contribution in [0.1, 0.15) is 52.9 Å². The summed E-state index contributed by atoms with van der Waals surface area (Å²) < 4.78 is 0. The maximum absolute atomic E-state index is 3.62. The van der Waals surface area contributed by atoms with Crippen molar-refractivity contribution in [2.45, 2.75) is 65.0 Å². The standard InChI is InChI=1S/C16H30N2/c1-12-7-14(9-16(2,3)8-12)18-6-4-5-13-10-17-11-15(13)18/h12-15,17H,4-11H2,1-3H3. The molecule has 3 fully saturated rings. The molecule has 2 nitrogen and oxygen atoms in total. The number of hydrogen-bond acceptors (Lipinski definition) is 2. The Hall–Kier alpha value is -0.0800. The van der Waals surface area contributed by atoms with Crippen LogP contribution in [0, 0.1) is 17.3 Å². The summed E-state index contributed by atoms with van der Waals surface area (Å²) in [6.07, 6.45) is 7.16. The monoisotopic (exact) mass is 250 g/mol. The highest BCUT2D eigenvalue weighted by molar-refractivity contribution is 4.97. The fraction of sp³-hybridized carbons (Fsp3) is 1.00. The minimum Gasteiger partial charge on any atom is -0.315 e. The van der Waals surface area contributed by atoms with Crippen LogP contribution in [0.3, 0.4) is 0 Å². The van der Waals surface area contributed by atoms with Crippen LogP contribution in [0.5, 0.6) is 0 Å². The van der Waals surface area contributed by atoms with E-state index in [1.54, 1.807) is 0 Å². The normalized spacial score (nSPS) is 44.8. The predicted octanol–water partition coefficient (Wildman–Crippen LogP) is 2.89. The highest BCUT2D eigenvalue weighted by Gasteiger charge is 2.42. The first-order valence-corrected chi connectivity index (χ1v) is 8.02.